The van der Waals surface area contributed by atoms with Crippen molar-refractivity contribution in [2.24, 2.45) is 0 Å². The molecule has 7 heteroatoms. The van der Waals surface area contributed by atoms with Crippen LogP contribution in [0.15, 0.2) is 36.4 Å². The third kappa shape index (κ3) is 3.44. The van der Waals surface area contributed by atoms with Crippen LogP contribution in [0.3, 0.4) is 0 Å². The fourth-order valence-electron chi connectivity index (χ4n) is 2.90. The molecule has 0 saturated heterocycles. The zero-order chi connectivity index (χ0) is 17.2. The van der Waals surface area contributed by atoms with Gasteiger partial charge < -0.3 is 24.8 Å². The van der Waals surface area contributed by atoms with Crippen LogP contribution in [0.5, 0.6) is 17.2 Å². The summed E-state index contributed by atoms with van der Waals surface area (Å²) in [5.41, 5.74) is 1.63. The molecule has 2 aromatic rings. The van der Waals surface area contributed by atoms with Gasteiger partial charge in [0.1, 0.15) is 25.1 Å². The summed E-state index contributed by atoms with van der Waals surface area (Å²) in [5.74, 6) is 2.03. The highest BCUT2D eigenvalue weighted by Gasteiger charge is 2.23. The van der Waals surface area contributed by atoms with E-state index in [1.165, 1.54) is 0 Å². The highest BCUT2D eigenvalue weighted by Crippen LogP contribution is 2.37. The van der Waals surface area contributed by atoms with Crippen LogP contribution in [-0.2, 0) is 6.42 Å². The van der Waals surface area contributed by atoms with Gasteiger partial charge in [-0.05, 0) is 11.6 Å². The number of carbonyl (C=O) groups excluding carboxylic acids is 1. The lowest BCUT2D eigenvalue weighted by Crippen LogP contribution is -2.37. The van der Waals surface area contributed by atoms with Gasteiger partial charge in [-0.1, -0.05) is 29.8 Å². The van der Waals surface area contributed by atoms with Crippen molar-refractivity contribution in [1.29, 1.82) is 0 Å². The molecule has 2 aromatic carbocycles. The Morgan fingerprint density at radius 2 is 1.88 bits per heavy atom. The van der Waals surface area contributed by atoms with Gasteiger partial charge in [-0.2, -0.15) is 0 Å². The largest absolute Gasteiger partial charge is 0.488 e. The van der Waals surface area contributed by atoms with Gasteiger partial charge in [-0.15, -0.1) is 0 Å². The number of carbonyl (C=O) groups is 1. The second kappa shape index (κ2) is 6.72. The number of fused-ring (bicyclic) bond motifs is 2. The number of nitrogens with one attached hydrogen (secondary N) is 2. The molecule has 0 fully saturated rings. The van der Waals surface area contributed by atoms with E-state index >= 15 is 0 Å². The Morgan fingerprint density at radius 1 is 1.12 bits per heavy atom. The molecule has 4 rings (SSSR count). The fourth-order valence-corrected chi connectivity index (χ4v) is 3.10. The first-order chi connectivity index (χ1) is 12.2. The quantitative estimate of drug-likeness (QED) is 0.881. The van der Waals surface area contributed by atoms with Crippen LogP contribution in [0.25, 0.3) is 0 Å². The molecule has 2 amide bonds. The summed E-state index contributed by atoms with van der Waals surface area (Å²) in [6, 6.07) is 10.8. The molecule has 0 bridgehead atoms. The van der Waals surface area contributed by atoms with E-state index < -0.39 is 0 Å². The molecule has 2 N–H and O–H groups in total. The van der Waals surface area contributed by atoms with Gasteiger partial charge in [0, 0.05) is 18.6 Å². The van der Waals surface area contributed by atoms with Crippen molar-refractivity contribution in [2.75, 3.05) is 25.1 Å². The molecule has 0 aromatic heterocycles. The Kier molecular flexibility index (Phi) is 4.28. The molecular weight excluding hydrogens is 344 g/mol. The van der Waals surface area contributed by atoms with Gasteiger partial charge in [0.2, 0.25) is 0 Å². The maximum Gasteiger partial charge on any atom is 0.319 e. The number of ether oxygens (including phenoxy) is 3. The molecule has 0 saturated carbocycles. The fraction of sp³-hybridized carbons (Fsp3) is 0.278. The molecule has 1 atom stereocenters. The number of anilines is 1. The third-order valence-corrected chi connectivity index (χ3v) is 4.40. The van der Waals surface area contributed by atoms with Crippen LogP contribution in [0.1, 0.15) is 5.56 Å². The Morgan fingerprint density at radius 3 is 2.68 bits per heavy atom. The lowest BCUT2D eigenvalue weighted by atomic mass is 10.1. The highest BCUT2D eigenvalue weighted by atomic mass is 35.5. The molecule has 130 valence electrons. The van der Waals surface area contributed by atoms with Gasteiger partial charge in [-0.25, -0.2) is 4.79 Å². The van der Waals surface area contributed by atoms with Crippen LogP contribution >= 0.6 is 11.6 Å². The predicted octanol–water partition coefficient (Wildman–Crippen LogP) is 3.24. The van der Waals surface area contributed by atoms with E-state index in [-0.39, 0.29) is 12.1 Å². The molecule has 0 aliphatic carbocycles. The van der Waals surface area contributed by atoms with Crippen molar-refractivity contribution >= 4 is 23.3 Å². The number of urea groups is 1. The Labute approximate surface area is 150 Å². The van der Waals surface area contributed by atoms with E-state index in [4.69, 9.17) is 25.8 Å². The van der Waals surface area contributed by atoms with Crippen LogP contribution in [0, 0.1) is 0 Å². The number of halogens is 1. The van der Waals surface area contributed by atoms with Crippen molar-refractivity contribution in [2.45, 2.75) is 12.5 Å². The number of hydrogen-bond donors (Lipinski definition) is 2. The highest BCUT2D eigenvalue weighted by molar-refractivity contribution is 6.34. The standard InChI is InChI=1S/C18H17ClN2O4/c19-13-8-16-17(24-6-5-23-16)9-14(13)21-18(22)20-10-12-7-11-3-1-2-4-15(11)25-12/h1-4,8-9,12H,5-7,10H2,(H2,20,21,22)/t12-/m0/s1. The summed E-state index contributed by atoms with van der Waals surface area (Å²) in [6.07, 6.45) is 0.709. The normalized spacial score (nSPS) is 17.4. The van der Waals surface area contributed by atoms with Crippen LogP contribution in [0.2, 0.25) is 5.02 Å². The minimum Gasteiger partial charge on any atom is -0.488 e. The van der Waals surface area contributed by atoms with E-state index in [0.717, 1.165) is 17.7 Å². The number of rotatable bonds is 3. The molecule has 2 heterocycles. The summed E-state index contributed by atoms with van der Waals surface area (Å²) < 4.78 is 16.8. The summed E-state index contributed by atoms with van der Waals surface area (Å²) in [4.78, 5) is 12.2. The van der Waals surface area contributed by atoms with E-state index in [2.05, 4.69) is 10.6 Å². The maximum absolute atomic E-state index is 12.2. The van der Waals surface area contributed by atoms with Crippen molar-refractivity contribution in [1.82, 2.24) is 5.32 Å². The van der Waals surface area contributed by atoms with E-state index in [1.54, 1.807) is 12.1 Å². The molecule has 25 heavy (non-hydrogen) atoms. The van der Waals surface area contributed by atoms with Crippen LogP contribution in [0.4, 0.5) is 10.5 Å². The van der Waals surface area contributed by atoms with Gasteiger partial charge in [-0.3, -0.25) is 0 Å². The number of benzene rings is 2. The number of hydrogen-bond acceptors (Lipinski definition) is 4. The zero-order valence-corrected chi connectivity index (χ0v) is 14.1. The molecule has 0 spiro atoms. The maximum atomic E-state index is 12.2. The van der Waals surface area contributed by atoms with Crippen LogP contribution in [-0.4, -0.2) is 31.9 Å². The van der Waals surface area contributed by atoms with Crippen LogP contribution < -0.4 is 24.8 Å². The lowest BCUT2D eigenvalue weighted by molar-refractivity contribution is 0.171. The van der Waals surface area contributed by atoms with Crippen molar-refractivity contribution in [3.63, 3.8) is 0 Å². The average Bonchev–Trinajstić information content (AvgIpc) is 3.03. The van der Waals surface area contributed by atoms with E-state index in [9.17, 15) is 4.79 Å². The second-order valence-electron chi connectivity index (χ2n) is 5.86. The molecule has 2 aliphatic rings. The third-order valence-electron chi connectivity index (χ3n) is 4.08. The molecular formula is C18H17ClN2O4. The number of amides is 2. The summed E-state index contributed by atoms with van der Waals surface area (Å²) >= 11 is 6.19. The zero-order valence-electron chi connectivity index (χ0n) is 13.4. The number of para-hydroxylation sites is 1. The average molecular weight is 361 g/mol. The van der Waals surface area contributed by atoms with Crippen molar-refractivity contribution in [3.8, 4) is 17.2 Å². The molecule has 6 nitrogen and oxygen atoms in total. The van der Waals surface area contributed by atoms with Crippen molar-refractivity contribution in [3.05, 3.63) is 47.0 Å². The topological polar surface area (TPSA) is 68.8 Å². The van der Waals surface area contributed by atoms with Gasteiger partial charge in [0.25, 0.3) is 0 Å². The first-order valence-electron chi connectivity index (χ1n) is 8.07. The first-order valence-corrected chi connectivity index (χ1v) is 8.45. The monoisotopic (exact) mass is 360 g/mol. The summed E-state index contributed by atoms with van der Waals surface area (Å²) in [5, 5.41) is 5.93. The first kappa shape index (κ1) is 15.9. The lowest BCUT2D eigenvalue weighted by Gasteiger charge is -2.20. The Hall–Kier alpha value is -2.60. The second-order valence-corrected chi connectivity index (χ2v) is 6.27. The Balaban J connectivity index is 1.34. The summed E-state index contributed by atoms with van der Waals surface area (Å²) in [7, 11) is 0. The Bertz CT molecular complexity index is 787. The minimum absolute atomic E-state index is 0.0705. The van der Waals surface area contributed by atoms with Gasteiger partial charge in [0.15, 0.2) is 11.5 Å². The van der Waals surface area contributed by atoms with Gasteiger partial charge >= 0.3 is 6.03 Å². The predicted molar refractivity (Wildman–Crippen MR) is 94.0 cm³/mol. The SMILES string of the molecule is O=C(NC[C@@H]1Cc2ccccc2O1)Nc1cc2c(cc1Cl)OCCO2. The summed E-state index contributed by atoms with van der Waals surface area (Å²) in [6.45, 7) is 1.36. The van der Waals surface area contributed by atoms with Gasteiger partial charge in [0.05, 0.1) is 17.3 Å². The smallest absolute Gasteiger partial charge is 0.319 e. The molecule has 2 aliphatic heterocycles. The van der Waals surface area contributed by atoms with Crippen molar-refractivity contribution < 1.29 is 19.0 Å². The van der Waals surface area contributed by atoms with E-state index in [1.807, 2.05) is 24.3 Å². The molecule has 0 radical (unpaired) electrons. The van der Waals surface area contributed by atoms with E-state index in [0.29, 0.717) is 42.0 Å². The minimum atomic E-state index is -0.349. The molecule has 0 unspecified atom stereocenters.